The van der Waals surface area contributed by atoms with Crippen LogP contribution in [0.5, 0.6) is 0 Å². The second kappa shape index (κ2) is 9.72. The minimum atomic E-state index is -3.55. The van der Waals surface area contributed by atoms with E-state index in [0.29, 0.717) is 37.4 Å². The Morgan fingerprint density at radius 2 is 1.77 bits per heavy atom. The molecule has 31 heavy (non-hydrogen) atoms. The minimum absolute atomic E-state index is 0.211. The van der Waals surface area contributed by atoms with Crippen molar-refractivity contribution < 1.29 is 22.3 Å². The molecule has 0 radical (unpaired) electrons. The molecule has 1 amide bonds. The summed E-state index contributed by atoms with van der Waals surface area (Å²) in [5.41, 5.74) is 0.672. The molecule has 1 aliphatic heterocycles. The largest absolute Gasteiger partial charge is 0.379 e. The number of hydrogen-bond donors (Lipinski definition) is 1. The van der Waals surface area contributed by atoms with Crippen molar-refractivity contribution in [2.24, 2.45) is 0 Å². The lowest BCUT2D eigenvalue weighted by Gasteiger charge is -2.26. The fourth-order valence-electron chi connectivity index (χ4n) is 3.33. The molecule has 1 aliphatic rings. The quantitative estimate of drug-likeness (QED) is 0.664. The van der Waals surface area contributed by atoms with Gasteiger partial charge in [-0.1, -0.05) is 44.2 Å². The summed E-state index contributed by atoms with van der Waals surface area (Å²) in [5.74, 6) is -0.612. The molecular weight excluding hydrogens is 419 g/mol. The summed E-state index contributed by atoms with van der Waals surface area (Å²) in [7, 11) is -3.55. The number of hydrogen-bond acceptors (Lipinski definition) is 4. The number of rotatable bonds is 7. The first-order valence-corrected chi connectivity index (χ1v) is 11.5. The van der Waals surface area contributed by atoms with E-state index in [-0.39, 0.29) is 23.2 Å². The number of nitrogens with one attached hydrogen (secondary N) is 1. The lowest BCUT2D eigenvalue weighted by molar-refractivity contribution is -0.116. The van der Waals surface area contributed by atoms with E-state index in [1.54, 1.807) is 36.4 Å². The molecule has 6 nitrogen and oxygen atoms in total. The van der Waals surface area contributed by atoms with Crippen LogP contribution in [0.3, 0.4) is 0 Å². The number of ether oxygens (including phenoxy) is 1. The molecule has 1 N–H and O–H groups in total. The SMILES string of the molecule is CC(C)(CNC(=O)/C=C/c1ccc(S(=O)(=O)N2CCOCC2)cc1)c1ccccc1F. The molecule has 0 spiro atoms. The van der Waals surface area contributed by atoms with Gasteiger partial charge < -0.3 is 10.1 Å². The molecule has 8 heteroatoms. The van der Waals surface area contributed by atoms with E-state index >= 15 is 0 Å². The Balaban J connectivity index is 1.59. The fourth-order valence-corrected chi connectivity index (χ4v) is 4.74. The summed E-state index contributed by atoms with van der Waals surface area (Å²) < 4.78 is 45.9. The van der Waals surface area contributed by atoms with Crippen molar-refractivity contribution in [1.29, 1.82) is 0 Å². The molecule has 0 saturated carbocycles. The van der Waals surface area contributed by atoms with Gasteiger partial charge in [-0.25, -0.2) is 12.8 Å². The van der Waals surface area contributed by atoms with Gasteiger partial charge in [0.1, 0.15) is 5.82 Å². The molecular formula is C23H27FN2O4S. The molecule has 1 heterocycles. The van der Waals surface area contributed by atoms with Gasteiger partial charge in [0, 0.05) is 31.1 Å². The van der Waals surface area contributed by atoms with Gasteiger partial charge in [-0.2, -0.15) is 4.31 Å². The maximum atomic E-state index is 14.0. The first-order valence-electron chi connectivity index (χ1n) is 10.1. The van der Waals surface area contributed by atoms with E-state index in [4.69, 9.17) is 4.74 Å². The van der Waals surface area contributed by atoms with E-state index in [1.807, 2.05) is 13.8 Å². The van der Waals surface area contributed by atoms with Crippen LogP contribution >= 0.6 is 0 Å². The Labute approximate surface area is 182 Å². The Morgan fingerprint density at radius 3 is 2.42 bits per heavy atom. The lowest BCUT2D eigenvalue weighted by Crippen LogP contribution is -2.40. The Morgan fingerprint density at radius 1 is 1.13 bits per heavy atom. The fraction of sp³-hybridized carbons (Fsp3) is 0.348. The molecule has 3 rings (SSSR count). The van der Waals surface area contributed by atoms with E-state index in [9.17, 15) is 17.6 Å². The average Bonchev–Trinajstić information content (AvgIpc) is 2.77. The standard InChI is InChI=1S/C23H27FN2O4S/c1-23(2,20-5-3-4-6-21(20)24)17-25-22(27)12-9-18-7-10-19(11-8-18)31(28,29)26-13-15-30-16-14-26/h3-12H,13-17H2,1-2H3,(H,25,27)/b12-9+. The number of amides is 1. The third kappa shape index (κ3) is 5.78. The van der Waals surface area contributed by atoms with Crippen molar-refractivity contribution in [3.8, 4) is 0 Å². The third-order valence-corrected chi connectivity index (χ3v) is 7.14. The van der Waals surface area contributed by atoms with Crippen LogP contribution in [0.1, 0.15) is 25.0 Å². The van der Waals surface area contributed by atoms with Crippen molar-refractivity contribution in [2.45, 2.75) is 24.2 Å². The van der Waals surface area contributed by atoms with Crippen LogP contribution in [0.2, 0.25) is 0 Å². The number of halogens is 1. The summed E-state index contributed by atoms with van der Waals surface area (Å²) in [6, 6.07) is 12.9. The number of sulfonamides is 1. The van der Waals surface area contributed by atoms with Crippen LogP contribution in [0.25, 0.3) is 6.08 Å². The topological polar surface area (TPSA) is 75.7 Å². The first-order chi connectivity index (χ1) is 14.7. The zero-order valence-electron chi connectivity index (χ0n) is 17.7. The van der Waals surface area contributed by atoms with Gasteiger partial charge in [-0.3, -0.25) is 4.79 Å². The molecule has 166 valence electrons. The Kier molecular flexibility index (Phi) is 7.25. The minimum Gasteiger partial charge on any atom is -0.379 e. The predicted octanol–water partition coefficient (Wildman–Crippen LogP) is 2.95. The van der Waals surface area contributed by atoms with Gasteiger partial charge >= 0.3 is 0 Å². The molecule has 0 unspecified atom stereocenters. The van der Waals surface area contributed by atoms with Gasteiger partial charge in [-0.05, 0) is 35.4 Å². The van der Waals surface area contributed by atoms with Gasteiger partial charge in [0.05, 0.1) is 18.1 Å². The van der Waals surface area contributed by atoms with Crippen LogP contribution in [0.15, 0.2) is 59.5 Å². The van der Waals surface area contributed by atoms with Crippen LogP contribution in [0, 0.1) is 5.82 Å². The summed E-state index contributed by atoms with van der Waals surface area (Å²) in [6.07, 6.45) is 2.99. The molecule has 2 aromatic carbocycles. The second-order valence-electron chi connectivity index (χ2n) is 8.00. The van der Waals surface area contributed by atoms with Crippen molar-refractivity contribution in [2.75, 3.05) is 32.8 Å². The van der Waals surface area contributed by atoms with Crippen LogP contribution < -0.4 is 5.32 Å². The van der Waals surface area contributed by atoms with Gasteiger partial charge in [0.15, 0.2) is 0 Å². The highest BCUT2D eigenvalue weighted by molar-refractivity contribution is 7.89. The highest BCUT2D eigenvalue weighted by Crippen LogP contribution is 2.24. The second-order valence-corrected chi connectivity index (χ2v) is 9.94. The molecule has 0 atom stereocenters. The number of carbonyl (C=O) groups is 1. The van der Waals surface area contributed by atoms with Gasteiger partial charge in [0.25, 0.3) is 0 Å². The van der Waals surface area contributed by atoms with E-state index in [0.717, 1.165) is 0 Å². The van der Waals surface area contributed by atoms with E-state index in [2.05, 4.69) is 5.32 Å². The Bertz CT molecular complexity index is 1040. The van der Waals surface area contributed by atoms with Crippen molar-refractivity contribution >= 4 is 22.0 Å². The number of carbonyl (C=O) groups excluding carboxylic acids is 1. The van der Waals surface area contributed by atoms with Crippen molar-refractivity contribution in [3.05, 3.63) is 71.6 Å². The summed E-state index contributed by atoms with van der Waals surface area (Å²) >= 11 is 0. The normalized spacial score (nSPS) is 15.8. The van der Waals surface area contributed by atoms with Gasteiger partial charge in [0.2, 0.25) is 15.9 Å². The molecule has 2 aromatic rings. The summed E-state index contributed by atoms with van der Waals surface area (Å²) in [6.45, 7) is 5.46. The third-order valence-electron chi connectivity index (χ3n) is 5.22. The Hall–Kier alpha value is -2.55. The molecule has 1 fully saturated rings. The highest BCUT2D eigenvalue weighted by atomic mass is 32.2. The van der Waals surface area contributed by atoms with Crippen LogP contribution in [0.4, 0.5) is 4.39 Å². The van der Waals surface area contributed by atoms with E-state index < -0.39 is 15.4 Å². The van der Waals surface area contributed by atoms with Crippen LogP contribution in [-0.4, -0.2) is 51.5 Å². The van der Waals surface area contributed by atoms with E-state index in [1.165, 1.54) is 28.6 Å². The average molecular weight is 447 g/mol. The lowest BCUT2D eigenvalue weighted by atomic mass is 9.84. The molecule has 1 saturated heterocycles. The number of morpholine rings is 1. The van der Waals surface area contributed by atoms with Crippen LogP contribution in [-0.2, 0) is 25.0 Å². The first kappa shape index (κ1) is 23.1. The smallest absolute Gasteiger partial charge is 0.244 e. The maximum Gasteiger partial charge on any atom is 0.244 e. The van der Waals surface area contributed by atoms with Crippen molar-refractivity contribution in [1.82, 2.24) is 9.62 Å². The molecule has 0 aromatic heterocycles. The van der Waals surface area contributed by atoms with Crippen molar-refractivity contribution in [3.63, 3.8) is 0 Å². The van der Waals surface area contributed by atoms with Gasteiger partial charge in [-0.15, -0.1) is 0 Å². The summed E-state index contributed by atoms with van der Waals surface area (Å²) in [4.78, 5) is 12.4. The zero-order valence-corrected chi connectivity index (χ0v) is 18.5. The number of nitrogens with zero attached hydrogens (tertiary/aromatic N) is 1. The molecule has 0 bridgehead atoms. The predicted molar refractivity (Wildman–Crippen MR) is 117 cm³/mol. The maximum absolute atomic E-state index is 14.0. The molecule has 0 aliphatic carbocycles. The highest BCUT2D eigenvalue weighted by Gasteiger charge is 2.26. The zero-order chi connectivity index (χ0) is 22.5. The number of benzene rings is 2. The summed E-state index contributed by atoms with van der Waals surface area (Å²) in [5, 5.41) is 2.79. The monoisotopic (exact) mass is 446 g/mol.